The molecule has 1 heterocycles. The molecule has 0 aromatic heterocycles. The first-order valence-electron chi connectivity index (χ1n) is 9.62. The summed E-state index contributed by atoms with van der Waals surface area (Å²) in [5.41, 5.74) is 3.13. The lowest BCUT2D eigenvalue weighted by Gasteiger charge is -2.35. The van der Waals surface area contributed by atoms with Gasteiger partial charge in [-0.1, -0.05) is 48.5 Å². The zero-order chi connectivity index (χ0) is 20.3. The zero-order valence-corrected chi connectivity index (χ0v) is 17.2. The molecule has 5 nitrogen and oxygen atoms in total. The highest BCUT2D eigenvalue weighted by Crippen LogP contribution is 2.26. The van der Waals surface area contributed by atoms with Crippen LogP contribution in [0.1, 0.15) is 0 Å². The highest BCUT2D eigenvalue weighted by atomic mass is 32.2. The fraction of sp³-hybridized carbons (Fsp3) is 0.217. The fourth-order valence-corrected chi connectivity index (χ4v) is 5.02. The van der Waals surface area contributed by atoms with Crippen molar-refractivity contribution < 1.29 is 13.2 Å². The van der Waals surface area contributed by atoms with Crippen molar-refractivity contribution in [1.82, 2.24) is 4.31 Å². The molecular weight excluding hydrogens is 384 g/mol. The minimum absolute atomic E-state index is 0.340. The summed E-state index contributed by atoms with van der Waals surface area (Å²) in [6.07, 6.45) is 0. The lowest BCUT2D eigenvalue weighted by molar-refractivity contribution is 0.384. The van der Waals surface area contributed by atoms with E-state index in [1.807, 2.05) is 66.7 Å². The molecule has 3 aromatic carbocycles. The van der Waals surface area contributed by atoms with E-state index >= 15 is 0 Å². The van der Waals surface area contributed by atoms with Crippen LogP contribution < -0.4 is 9.64 Å². The number of nitrogens with zero attached hydrogens (tertiary/aromatic N) is 2. The van der Waals surface area contributed by atoms with Crippen LogP contribution >= 0.6 is 0 Å². The van der Waals surface area contributed by atoms with Gasteiger partial charge in [0.2, 0.25) is 10.0 Å². The van der Waals surface area contributed by atoms with E-state index in [0.29, 0.717) is 31.1 Å². The van der Waals surface area contributed by atoms with Gasteiger partial charge in [0.05, 0.1) is 12.0 Å². The SMILES string of the molecule is COc1cccc(N2CCN(S(=O)(=O)c3ccc(-c4ccccc4)cc3)CC2)c1. The van der Waals surface area contributed by atoms with Gasteiger partial charge in [0, 0.05) is 37.9 Å². The molecule has 150 valence electrons. The van der Waals surface area contributed by atoms with E-state index in [2.05, 4.69) is 4.90 Å². The van der Waals surface area contributed by atoms with Crippen LogP contribution in [0.3, 0.4) is 0 Å². The van der Waals surface area contributed by atoms with Gasteiger partial charge in [0.25, 0.3) is 0 Å². The van der Waals surface area contributed by atoms with Crippen molar-refractivity contribution in [1.29, 1.82) is 0 Å². The van der Waals surface area contributed by atoms with Gasteiger partial charge in [-0.2, -0.15) is 4.31 Å². The average molecular weight is 409 g/mol. The molecule has 0 unspecified atom stereocenters. The number of methoxy groups -OCH3 is 1. The maximum atomic E-state index is 13.1. The third kappa shape index (κ3) is 4.13. The first-order valence-corrected chi connectivity index (χ1v) is 11.1. The zero-order valence-electron chi connectivity index (χ0n) is 16.4. The molecule has 1 fully saturated rings. The number of hydrogen-bond donors (Lipinski definition) is 0. The van der Waals surface area contributed by atoms with Crippen LogP contribution in [-0.2, 0) is 10.0 Å². The Balaban J connectivity index is 1.46. The Morgan fingerprint density at radius 1 is 0.759 bits per heavy atom. The van der Waals surface area contributed by atoms with Gasteiger partial charge in [-0.05, 0) is 35.4 Å². The van der Waals surface area contributed by atoms with Crippen molar-refractivity contribution in [3.05, 3.63) is 78.9 Å². The molecule has 0 aliphatic carbocycles. The molecule has 0 radical (unpaired) electrons. The molecule has 3 aromatic rings. The Morgan fingerprint density at radius 3 is 2.07 bits per heavy atom. The first-order chi connectivity index (χ1) is 14.1. The van der Waals surface area contributed by atoms with Crippen molar-refractivity contribution in [2.45, 2.75) is 4.90 Å². The summed E-state index contributed by atoms with van der Waals surface area (Å²) in [6, 6.07) is 24.9. The Labute approximate surface area is 172 Å². The van der Waals surface area contributed by atoms with Crippen molar-refractivity contribution >= 4 is 15.7 Å². The van der Waals surface area contributed by atoms with Gasteiger partial charge in [-0.15, -0.1) is 0 Å². The average Bonchev–Trinajstić information content (AvgIpc) is 2.80. The third-order valence-electron chi connectivity index (χ3n) is 5.26. The topological polar surface area (TPSA) is 49.9 Å². The van der Waals surface area contributed by atoms with E-state index < -0.39 is 10.0 Å². The number of ether oxygens (including phenoxy) is 1. The van der Waals surface area contributed by atoms with Crippen LogP contribution in [-0.4, -0.2) is 46.0 Å². The second kappa shape index (κ2) is 8.27. The van der Waals surface area contributed by atoms with Gasteiger partial charge in [-0.25, -0.2) is 8.42 Å². The minimum atomic E-state index is -3.50. The predicted octanol–water partition coefficient (Wildman–Crippen LogP) is 3.87. The van der Waals surface area contributed by atoms with Crippen LogP contribution in [0.15, 0.2) is 83.8 Å². The molecule has 1 saturated heterocycles. The third-order valence-corrected chi connectivity index (χ3v) is 7.17. The van der Waals surface area contributed by atoms with Gasteiger partial charge >= 0.3 is 0 Å². The number of hydrogen-bond acceptors (Lipinski definition) is 4. The highest BCUT2D eigenvalue weighted by Gasteiger charge is 2.28. The van der Waals surface area contributed by atoms with Crippen molar-refractivity contribution in [2.24, 2.45) is 0 Å². The molecule has 0 amide bonds. The molecule has 1 aliphatic heterocycles. The van der Waals surface area contributed by atoms with Crippen LogP contribution in [0.25, 0.3) is 11.1 Å². The van der Waals surface area contributed by atoms with Crippen molar-refractivity contribution in [3.63, 3.8) is 0 Å². The number of piperazine rings is 1. The van der Waals surface area contributed by atoms with E-state index in [4.69, 9.17) is 4.74 Å². The largest absolute Gasteiger partial charge is 0.497 e. The maximum Gasteiger partial charge on any atom is 0.243 e. The van der Waals surface area contributed by atoms with Crippen LogP contribution in [0.4, 0.5) is 5.69 Å². The standard InChI is InChI=1S/C23H24N2O3S/c1-28-22-9-5-8-21(18-22)24-14-16-25(17-15-24)29(26,27)23-12-10-20(11-13-23)19-6-3-2-4-7-19/h2-13,18H,14-17H2,1H3. The summed E-state index contributed by atoms with van der Waals surface area (Å²) in [5, 5.41) is 0. The Bertz CT molecular complexity index is 1060. The molecule has 29 heavy (non-hydrogen) atoms. The second-order valence-corrected chi connectivity index (χ2v) is 8.92. The van der Waals surface area contributed by atoms with Crippen LogP contribution in [0, 0.1) is 0 Å². The Kier molecular flexibility index (Phi) is 5.56. The summed E-state index contributed by atoms with van der Waals surface area (Å²) >= 11 is 0. The second-order valence-electron chi connectivity index (χ2n) is 6.98. The fourth-order valence-electron chi connectivity index (χ4n) is 3.59. The molecule has 6 heteroatoms. The van der Waals surface area contributed by atoms with E-state index in [1.165, 1.54) is 0 Å². The maximum absolute atomic E-state index is 13.1. The van der Waals surface area contributed by atoms with E-state index in [-0.39, 0.29) is 0 Å². The van der Waals surface area contributed by atoms with E-state index in [0.717, 1.165) is 22.6 Å². The van der Waals surface area contributed by atoms with Gasteiger partial charge in [0.1, 0.15) is 5.75 Å². The number of anilines is 1. The summed E-state index contributed by atoms with van der Waals surface area (Å²) in [7, 11) is -1.85. The Hall–Kier alpha value is -2.83. The van der Waals surface area contributed by atoms with E-state index in [1.54, 1.807) is 23.5 Å². The summed E-state index contributed by atoms with van der Waals surface area (Å²) in [6.45, 7) is 2.21. The molecule has 0 atom stereocenters. The monoisotopic (exact) mass is 408 g/mol. The number of sulfonamides is 1. The quantitative estimate of drug-likeness (QED) is 0.643. The molecule has 0 saturated carbocycles. The molecule has 1 aliphatic rings. The van der Waals surface area contributed by atoms with Gasteiger partial charge in [-0.3, -0.25) is 0 Å². The highest BCUT2D eigenvalue weighted by molar-refractivity contribution is 7.89. The minimum Gasteiger partial charge on any atom is -0.497 e. The van der Waals surface area contributed by atoms with Crippen LogP contribution in [0.5, 0.6) is 5.75 Å². The summed E-state index contributed by atoms with van der Waals surface area (Å²) in [5.74, 6) is 0.802. The Morgan fingerprint density at radius 2 is 1.41 bits per heavy atom. The smallest absolute Gasteiger partial charge is 0.243 e. The predicted molar refractivity (Wildman–Crippen MR) is 116 cm³/mol. The first kappa shape index (κ1) is 19.5. The summed E-state index contributed by atoms with van der Waals surface area (Å²) < 4.78 is 33.0. The molecule has 0 N–H and O–H groups in total. The number of rotatable bonds is 5. The number of benzene rings is 3. The van der Waals surface area contributed by atoms with Gasteiger partial charge < -0.3 is 9.64 Å². The lowest BCUT2D eigenvalue weighted by atomic mass is 10.1. The van der Waals surface area contributed by atoms with Crippen molar-refractivity contribution in [3.8, 4) is 16.9 Å². The van der Waals surface area contributed by atoms with E-state index in [9.17, 15) is 8.42 Å². The van der Waals surface area contributed by atoms with Crippen molar-refractivity contribution in [2.75, 3.05) is 38.2 Å². The normalized spacial score (nSPS) is 15.3. The lowest BCUT2D eigenvalue weighted by Crippen LogP contribution is -2.48. The molecule has 4 rings (SSSR count). The molecule has 0 bridgehead atoms. The molecule has 0 spiro atoms. The summed E-state index contributed by atoms with van der Waals surface area (Å²) in [4.78, 5) is 2.53. The van der Waals surface area contributed by atoms with Crippen LogP contribution in [0.2, 0.25) is 0 Å². The van der Waals surface area contributed by atoms with Gasteiger partial charge in [0.15, 0.2) is 0 Å². The molecular formula is C23H24N2O3S.